The van der Waals surface area contributed by atoms with E-state index in [4.69, 9.17) is 5.11 Å². The Kier molecular flexibility index (Phi) is 14.0. The number of aliphatic carboxylic acids is 1. The summed E-state index contributed by atoms with van der Waals surface area (Å²) in [4.78, 5) is 10.4. The molecule has 0 spiro atoms. The summed E-state index contributed by atoms with van der Waals surface area (Å²) in [7, 11) is 0. The summed E-state index contributed by atoms with van der Waals surface area (Å²) in [5, 5.41) is 28.0. The lowest BCUT2D eigenvalue weighted by atomic mass is 10.0. The fourth-order valence-corrected chi connectivity index (χ4v) is 2.13. The van der Waals surface area contributed by atoms with Gasteiger partial charge in [0.25, 0.3) is 0 Å². The van der Waals surface area contributed by atoms with Gasteiger partial charge in [0.15, 0.2) is 0 Å². The third-order valence-corrected chi connectivity index (χ3v) is 3.50. The van der Waals surface area contributed by atoms with Crippen LogP contribution in [0.15, 0.2) is 24.3 Å². The number of aliphatic hydroxyl groups is 2. The summed E-state index contributed by atoms with van der Waals surface area (Å²) >= 11 is 0. The van der Waals surface area contributed by atoms with E-state index in [2.05, 4.69) is 19.1 Å². The number of hydrogen-bond donors (Lipinski definition) is 3. The van der Waals surface area contributed by atoms with Crippen LogP contribution in [0.4, 0.5) is 0 Å². The van der Waals surface area contributed by atoms with E-state index in [0.717, 1.165) is 12.8 Å². The van der Waals surface area contributed by atoms with Crippen LogP contribution in [-0.2, 0) is 4.79 Å². The lowest BCUT2D eigenvalue weighted by Crippen LogP contribution is -2.12. The van der Waals surface area contributed by atoms with E-state index in [1.165, 1.54) is 19.3 Å². The van der Waals surface area contributed by atoms with Gasteiger partial charge in [-0.1, -0.05) is 44.1 Å². The van der Waals surface area contributed by atoms with Crippen LogP contribution >= 0.6 is 0 Å². The Hall–Kier alpha value is -1.13. The highest BCUT2D eigenvalue weighted by molar-refractivity contribution is 5.66. The molecule has 0 saturated carbocycles. The molecule has 0 aliphatic heterocycles. The van der Waals surface area contributed by atoms with Gasteiger partial charge >= 0.3 is 5.97 Å². The first kappa shape index (κ1) is 20.9. The SMILES string of the molecule is CCCCC/C=C\C/C=C\C(O)CCC(O)CCCC(=O)O. The van der Waals surface area contributed by atoms with Crippen molar-refractivity contribution in [2.75, 3.05) is 0 Å². The van der Waals surface area contributed by atoms with Crippen LogP contribution in [0, 0.1) is 0 Å². The van der Waals surface area contributed by atoms with Gasteiger partial charge in [0.05, 0.1) is 12.2 Å². The predicted octanol–water partition coefficient (Wildman–Crippen LogP) is 3.83. The van der Waals surface area contributed by atoms with Crippen LogP contribution < -0.4 is 0 Å². The first-order valence-electron chi connectivity index (χ1n) is 8.45. The van der Waals surface area contributed by atoms with Crippen molar-refractivity contribution in [1.82, 2.24) is 0 Å². The first-order chi connectivity index (χ1) is 10.6. The quantitative estimate of drug-likeness (QED) is 0.336. The average Bonchev–Trinajstić information content (AvgIpc) is 2.47. The normalized spacial score (nSPS) is 14.7. The van der Waals surface area contributed by atoms with E-state index in [-0.39, 0.29) is 6.42 Å². The molecular formula is C18H32O4. The zero-order valence-electron chi connectivity index (χ0n) is 13.8. The van der Waals surface area contributed by atoms with Crippen LogP contribution in [0.2, 0.25) is 0 Å². The molecule has 22 heavy (non-hydrogen) atoms. The molecular weight excluding hydrogens is 280 g/mol. The molecule has 0 bridgehead atoms. The van der Waals surface area contributed by atoms with Crippen molar-refractivity contribution in [2.45, 2.75) is 83.3 Å². The van der Waals surface area contributed by atoms with Crippen molar-refractivity contribution in [2.24, 2.45) is 0 Å². The Labute approximate surface area is 134 Å². The molecule has 0 aromatic heterocycles. The van der Waals surface area contributed by atoms with Crippen LogP contribution in [0.5, 0.6) is 0 Å². The Morgan fingerprint density at radius 2 is 1.77 bits per heavy atom. The molecule has 0 aromatic carbocycles. The second-order valence-electron chi connectivity index (χ2n) is 5.72. The minimum Gasteiger partial charge on any atom is -0.481 e. The minimum atomic E-state index is -0.835. The molecule has 0 fully saturated rings. The van der Waals surface area contributed by atoms with Gasteiger partial charge in [-0.15, -0.1) is 0 Å². The van der Waals surface area contributed by atoms with Crippen LogP contribution in [-0.4, -0.2) is 33.5 Å². The largest absolute Gasteiger partial charge is 0.481 e. The molecule has 0 rings (SSSR count). The van der Waals surface area contributed by atoms with Gasteiger partial charge in [0.1, 0.15) is 0 Å². The maximum atomic E-state index is 10.4. The molecule has 128 valence electrons. The maximum Gasteiger partial charge on any atom is 0.303 e. The van der Waals surface area contributed by atoms with Gasteiger partial charge in [-0.05, 0) is 44.9 Å². The van der Waals surface area contributed by atoms with E-state index >= 15 is 0 Å². The minimum absolute atomic E-state index is 0.0874. The fourth-order valence-electron chi connectivity index (χ4n) is 2.13. The number of carboxylic acids is 1. The Bertz CT molecular complexity index is 323. The summed E-state index contributed by atoms with van der Waals surface area (Å²) in [6.45, 7) is 2.19. The fraction of sp³-hybridized carbons (Fsp3) is 0.722. The summed E-state index contributed by atoms with van der Waals surface area (Å²) in [6.07, 6.45) is 14.7. The first-order valence-corrected chi connectivity index (χ1v) is 8.45. The molecule has 0 radical (unpaired) electrons. The van der Waals surface area contributed by atoms with Crippen LogP contribution in [0.3, 0.4) is 0 Å². The number of carboxylic acid groups (broad SMARTS) is 1. The van der Waals surface area contributed by atoms with E-state index in [9.17, 15) is 15.0 Å². The van der Waals surface area contributed by atoms with E-state index < -0.39 is 18.2 Å². The Balaban J connectivity index is 3.60. The third-order valence-electron chi connectivity index (χ3n) is 3.50. The number of unbranched alkanes of at least 4 members (excludes halogenated alkanes) is 3. The van der Waals surface area contributed by atoms with Crippen LogP contribution in [0.25, 0.3) is 0 Å². The van der Waals surface area contributed by atoms with Crippen molar-refractivity contribution < 1.29 is 20.1 Å². The highest BCUT2D eigenvalue weighted by Gasteiger charge is 2.08. The standard InChI is InChI=1S/C18H32O4/c1-2-3-4-5-6-7-8-9-11-16(19)14-15-17(20)12-10-13-18(21)22/h6-7,9,11,16-17,19-20H,2-5,8,10,12-15H2,1H3,(H,21,22)/b7-6-,11-9-. The molecule has 2 atom stereocenters. The van der Waals surface area contributed by atoms with E-state index in [1.807, 2.05) is 6.08 Å². The summed E-state index contributed by atoms with van der Waals surface area (Å²) < 4.78 is 0. The van der Waals surface area contributed by atoms with Crippen LogP contribution in [0.1, 0.15) is 71.1 Å². The monoisotopic (exact) mass is 312 g/mol. The molecule has 3 N–H and O–H groups in total. The molecule has 4 nitrogen and oxygen atoms in total. The Morgan fingerprint density at radius 3 is 2.45 bits per heavy atom. The van der Waals surface area contributed by atoms with Crippen molar-refractivity contribution in [3.05, 3.63) is 24.3 Å². The van der Waals surface area contributed by atoms with Gasteiger partial charge in [0, 0.05) is 6.42 Å². The number of aliphatic hydroxyl groups excluding tert-OH is 2. The van der Waals surface area contributed by atoms with Gasteiger partial charge < -0.3 is 15.3 Å². The van der Waals surface area contributed by atoms with Crippen molar-refractivity contribution in [1.29, 1.82) is 0 Å². The number of hydrogen-bond acceptors (Lipinski definition) is 3. The lowest BCUT2D eigenvalue weighted by molar-refractivity contribution is -0.137. The molecule has 0 saturated heterocycles. The number of rotatable bonds is 14. The smallest absolute Gasteiger partial charge is 0.303 e. The third kappa shape index (κ3) is 15.3. The number of allylic oxidation sites excluding steroid dienone is 3. The van der Waals surface area contributed by atoms with Gasteiger partial charge in [-0.3, -0.25) is 4.79 Å². The van der Waals surface area contributed by atoms with Gasteiger partial charge in [-0.2, -0.15) is 0 Å². The molecule has 0 heterocycles. The molecule has 0 aliphatic rings. The molecule has 0 aliphatic carbocycles. The zero-order chi connectivity index (χ0) is 16.6. The second kappa shape index (κ2) is 14.8. The van der Waals surface area contributed by atoms with Crippen molar-refractivity contribution >= 4 is 5.97 Å². The average molecular weight is 312 g/mol. The predicted molar refractivity (Wildman–Crippen MR) is 89.8 cm³/mol. The van der Waals surface area contributed by atoms with Crippen molar-refractivity contribution in [3.63, 3.8) is 0 Å². The molecule has 0 aromatic rings. The van der Waals surface area contributed by atoms with E-state index in [1.54, 1.807) is 6.08 Å². The van der Waals surface area contributed by atoms with E-state index in [0.29, 0.717) is 25.7 Å². The zero-order valence-corrected chi connectivity index (χ0v) is 13.8. The van der Waals surface area contributed by atoms with Gasteiger partial charge in [-0.25, -0.2) is 0 Å². The molecule has 0 amide bonds. The van der Waals surface area contributed by atoms with Crippen molar-refractivity contribution in [3.8, 4) is 0 Å². The molecule has 2 unspecified atom stereocenters. The van der Waals surface area contributed by atoms with Gasteiger partial charge in [0.2, 0.25) is 0 Å². The maximum absolute atomic E-state index is 10.4. The highest BCUT2D eigenvalue weighted by Crippen LogP contribution is 2.10. The highest BCUT2D eigenvalue weighted by atomic mass is 16.4. The topological polar surface area (TPSA) is 77.8 Å². The molecule has 4 heteroatoms. The number of carbonyl (C=O) groups is 1. The summed E-state index contributed by atoms with van der Waals surface area (Å²) in [5.74, 6) is -0.835. The second-order valence-corrected chi connectivity index (χ2v) is 5.72. The lowest BCUT2D eigenvalue weighted by Gasteiger charge is -2.11. The summed E-state index contributed by atoms with van der Waals surface area (Å²) in [5.41, 5.74) is 0. The Morgan fingerprint density at radius 1 is 1.00 bits per heavy atom. The summed E-state index contributed by atoms with van der Waals surface area (Å²) in [6, 6.07) is 0.